The number of halogens is 4. The van der Waals surface area contributed by atoms with Gasteiger partial charge in [-0.25, -0.2) is 26.0 Å². The van der Waals surface area contributed by atoms with Crippen molar-refractivity contribution in [2.75, 3.05) is 25.5 Å². The summed E-state index contributed by atoms with van der Waals surface area (Å²) in [6.45, 7) is -0.215. The number of sulfonamides is 1. The number of methoxy groups -OCH3 is 1. The number of amides is 1. The van der Waals surface area contributed by atoms with Crippen LogP contribution in [0.25, 0.3) is 0 Å². The van der Waals surface area contributed by atoms with Crippen molar-refractivity contribution < 1.29 is 40.6 Å². The topological polar surface area (TPSA) is 95.9 Å². The van der Waals surface area contributed by atoms with E-state index in [2.05, 4.69) is 5.32 Å². The summed E-state index contributed by atoms with van der Waals surface area (Å²) in [6.07, 6.45) is -1.10. The zero-order valence-electron chi connectivity index (χ0n) is 16.8. The van der Waals surface area contributed by atoms with Crippen LogP contribution in [-0.4, -0.2) is 56.1 Å². The van der Waals surface area contributed by atoms with Crippen LogP contribution in [0, 0.1) is 23.3 Å². The van der Waals surface area contributed by atoms with E-state index >= 15 is 0 Å². The van der Waals surface area contributed by atoms with Crippen molar-refractivity contribution in [3.8, 4) is 0 Å². The number of ether oxygens (including phenoxy) is 1. The molecule has 0 spiro atoms. The molecule has 1 aliphatic rings. The van der Waals surface area contributed by atoms with Gasteiger partial charge in [-0.3, -0.25) is 4.79 Å². The average Bonchev–Trinajstić information content (AvgIpc) is 2.93. The predicted molar refractivity (Wildman–Crippen MR) is 105 cm³/mol. The molecule has 0 bridgehead atoms. The molecule has 2 atom stereocenters. The average molecular weight is 476 g/mol. The predicted octanol–water partition coefficient (Wildman–Crippen LogP) is 2.66. The highest BCUT2D eigenvalue weighted by molar-refractivity contribution is 7.89. The maximum Gasteiger partial charge on any atom is 0.255 e. The first-order valence-electron chi connectivity index (χ1n) is 9.51. The Kier molecular flexibility index (Phi) is 7.18. The lowest BCUT2D eigenvalue weighted by Gasteiger charge is -2.25. The molecule has 2 unspecified atom stereocenters. The van der Waals surface area contributed by atoms with E-state index in [1.54, 1.807) is 0 Å². The molecule has 32 heavy (non-hydrogen) atoms. The molecule has 2 N–H and O–H groups in total. The number of hydrogen-bond acceptors (Lipinski definition) is 5. The Morgan fingerprint density at radius 2 is 1.78 bits per heavy atom. The van der Waals surface area contributed by atoms with Crippen LogP contribution in [0.15, 0.2) is 35.2 Å². The molecule has 2 aromatic carbocycles. The smallest absolute Gasteiger partial charge is 0.255 e. The van der Waals surface area contributed by atoms with E-state index in [-0.39, 0.29) is 18.7 Å². The summed E-state index contributed by atoms with van der Waals surface area (Å²) in [5.74, 6) is -6.88. The van der Waals surface area contributed by atoms with Crippen molar-refractivity contribution in [2.45, 2.75) is 29.9 Å². The van der Waals surface area contributed by atoms with Gasteiger partial charge in [-0.1, -0.05) is 0 Å². The highest BCUT2D eigenvalue weighted by atomic mass is 32.2. The number of hydrogen-bond donors (Lipinski definition) is 2. The van der Waals surface area contributed by atoms with Crippen LogP contribution < -0.4 is 5.32 Å². The molecule has 0 saturated carbocycles. The van der Waals surface area contributed by atoms with Crippen molar-refractivity contribution in [1.29, 1.82) is 0 Å². The second-order valence-corrected chi connectivity index (χ2v) is 9.11. The van der Waals surface area contributed by atoms with Gasteiger partial charge in [0.05, 0.1) is 12.2 Å². The fourth-order valence-corrected chi connectivity index (χ4v) is 4.92. The van der Waals surface area contributed by atoms with Gasteiger partial charge in [-0.05, 0) is 31.0 Å². The van der Waals surface area contributed by atoms with Gasteiger partial charge >= 0.3 is 0 Å². The summed E-state index contributed by atoms with van der Waals surface area (Å²) in [4.78, 5) is 11.7. The van der Waals surface area contributed by atoms with Crippen molar-refractivity contribution in [3.63, 3.8) is 0 Å². The maximum atomic E-state index is 14.5. The molecular formula is C20H20F4N2O5S. The second-order valence-electron chi connectivity index (χ2n) is 7.20. The van der Waals surface area contributed by atoms with E-state index in [0.717, 1.165) is 22.5 Å². The molecule has 1 amide bonds. The number of carbonyl (C=O) groups is 1. The Labute approximate surface area is 181 Å². The summed E-state index contributed by atoms with van der Waals surface area (Å²) in [5.41, 5.74) is -0.724. The van der Waals surface area contributed by atoms with Crippen molar-refractivity contribution in [1.82, 2.24) is 4.31 Å². The Morgan fingerprint density at radius 3 is 2.41 bits per heavy atom. The normalized spacial score (nSPS) is 20.1. The zero-order chi connectivity index (χ0) is 23.6. The molecule has 0 aromatic heterocycles. The number of benzene rings is 2. The maximum absolute atomic E-state index is 14.5. The minimum atomic E-state index is -4.41. The molecule has 1 fully saturated rings. The standard InChI is InChI=1S/C20H20F4N2O5S/c1-31-17-10-26(6-2-3-16(17)27)32(29,30)18-7-11(4-5-13(18)21)20(28)25-12-8-14(22)19(24)15(23)9-12/h4-5,7-9,16-17,27H,2-3,6,10H2,1H3,(H,25,28). The third kappa shape index (κ3) is 4.93. The molecule has 12 heteroatoms. The zero-order valence-corrected chi connectivity index (χ0v) is 17.6. The number of nitrogens with one attached hydrogen (secondary N) is 1. The Bertz CT molecular complexity index is 1110. The van der Waals surface area contributed by atoms with Gasteiger partial charge in [0.25, 0.3) is 5.91 Å². The van der Waals surface area contributed by atoms with E-state index in [1.807, 2.05) is 0 Å². The molecule has 1 heterocycles. The summed E-state index contributed by atoms with van der Waals surface area (Å²) >= 11 is 0. The first-order valence-corrected chi connectivity index (χ1v) is 10.9. The SMILES string of the molecule is COC1CN(S(=O)(=O)c2cc(C(=O)Nc3cc(F)c(F)c(F)c3)ccc2F)CCCC1O. The summed E-state index contributed by atoms with van der Waals surface area (Å²) in [6, 6.07) is 3.65. The molecule has 3 rings (SSSR count). The minimum absolute atomic E-state index is 0.00322. The van der Waals surface area contributed by atoms with Gasteiger partial charge in [-0.2, -0.15) is 4.31 Å². The van der Waals surface area contributed by atoms with Gasteiger partial charge in [0.1, 0.15) is 10.7 Å². The van der Waals surface area contributed by atoms with E-state index in [0.29, 0.717) is 25.0 Å². The van der Waals surface area contributed by atoms with Crippen LogP contribution in [0.5, 0.6) is 0 Å². The van der Waals surface area contributed by atoms with Crippen molar-refractivity contribution in [3.05, 3.63) is 59.2 Å². The quantitative estimate of drug-likeness (QED) is 0.511. The number of aliphatic hydroxyl groups excluding tert-OH is 1. The number of anilines is 1. The minimum Gasteiger partial charge on any atom is -0.390 e. The largest absolute Gasteiger partial charge is 0.390 e. The third-order valence-corrected chi connectivity index (χ3v) is 6.96. The highest BCUT2D eigenvalue weighted by Crippen LogP contribution is 2.25. The monoisotopic (exact) mass is 476 g/mol. The van der Waals surface area contributed by atoms with Gasteiger partial charge < -0.3 is 15.2 Å². The molecule has 0 radical (unpaired) electrons. The summed E-state index contributed by atoms with van der Waals surface area (Å²) in [5, 5.41) is 12.1. The Morgan fingerprint density at radius 1 is 1.12 bits per heavy atom. The first-order chi connectivity index (χ1) is 15.0. The van der Waals surface area contributed by atoms with Crippen LogP contribution in [0.2, 0.25) is 0 Å². The fourth-order valence-electron chi connectivity index (χ4n) is 3.34. The van der Waals surface area contributed by atoms with Gasteiger partial charge in [-0.15, -0.1) is 0 Å². The lowest BCUT2D eigenvalue weighted by atomic mass is 10.1. The van der Waals surface area contributed by atoms with Crippen LogP contribution in [0.1, 0.15) is 23.2 Å². The van der Waals surface area contributed by atoms with Crippen LogP contribution in [0.4, 0.5) is 23.2 Å². The second kappa shape index (κ2) is 9.53. The van der Waals surface area contributed by atoms with Crippen LogP contribution >= 0.6 is 0 Å². The number of nitrogens with zero attached hydrogens (tertiary/aromatic N) is 1. The van der Waals surface area contributed by atoms with Crippen molar-refractivity contribution in [2.24, 2.45) is 0 Å². The molecule has 2 aromatic rings. The molecule has 174 valence electrons. The van der Waals surface area contributed by atoms with E-state index in [4.69, 9.17) is 4.74 Å². The fraction of sp³-hybridized carbons (Fsp3) is 0.350. The van der Waals surface area contributed by atoms with Crippen LogP contribution in [0.3, 0.4) is 0 Å². The van der Waals surface area contributed by atoms with Gasteiger partial charge in [0.15, 0.2) is 17.5 Å². The molecular weight excluding hydrogens is 456 g/mol. The molecule has 0 aliphatic carbocycles. The lowest BCUT2D eigenvalue weighted by Crippen LogP contribution is -2.41. The third-order valence-electron chi connectivity index (χ3n) is 5.08. The summed E-state index contributed by atoms with van der Waals surface area (Å²) in [7, 11) is -3.10. The molecule has 7 nitrogen and oxygen atoms in total. The van der Waals surface area contributed by atoms with E-state index in [9.17, 15) is 35.9 Å². The Balaban J connectivity index is 1.90. The molecule has 1 aliphatic heterocycles. The van der Waals surface area contributed by atoms with Gasteiger partial charge in [0.2, 0.25) is 10.0 Å². The molecule has 1 saturated heterocycles. The van der Waals surface area contributed by atoms with Crippen molar-refractivity contribution >= 4 is 21.6 Å². The number of carbonyl (C=O) groups excluding carboxylic acids is 1. The number of aliphatic hydroxyl groups is 1. The first kappa shape index (κ1) is 24.1. The van der Waals surface area contributed by atoms with Gasteiger partial charge in [0, 0.05) is 43.6 Å². The van der Waals surface area contributed by atoms with E-state index < -0.39 is 62.0 Å². The summed E-state index contributed by atoms with van der Waals surface area (Å²) < 4.78 is 86.5. The Hall–Kier alpha value is -2.54. The lowest BCUT2D eigenvalue weighted by molar-refractivity contribution is -0.0140. The highest BCUT2D eigenvalue weighted by Gasteiger charge is 2.34. The number of rotatable bonds is 5. The van der Waals surface area contributed by atoms with E-state index in [1.165, 1.54) is 7.11 Å². The van der Waals surface area contributed by atoms with Crippen LogP contribution in [-0.2, 0) is 14.8 Å².